The van der Waals surface area contributed by atoms with Crippen LogP contribution in [-0.2, 0) is 16.6 Å². The van der Waals surface area contributed by atoms with E-state index in [1.165, 1.54) is 4.31 Å². The molecule has 5 nitrogen and oxygen atoms in total. The Kier molecular flexibility index (Phi) is 4.55. The first-order valence-corrected chi connectivity index (χ1v) is 9.99. The lowest BCUT2D eigenvalue weighted by Crippen LogP contribution is -2.42. The molecule has 0 aromatic carbocycles. The van der Waals surface area contributed by atoms with Crippen LogP contribution in [0, 0.1) is 6.92 Å². The quantitative estimate of drug-likeness (QED) is 0.787. The van der Waals surface area contributed by atoms with Crippen molar-refractivity contribution in [2.75, 3.05) is 20.1 Å². The number of aromatic nitrogens is 1. The molecule has 3 rings (SSSR count). The molecule has 8 heteroatoms. The summed E-state index contributed by atoms with van der Waals surface area (Å²) < 4.78 is 39.7. The first-order valence-electron chi connectivity index (χ1n) is 7.60. The summed E-state index contributed by atoms with van der Waals surface area (Å²) in [6.07, 6.45) is 1.02. The highest BCUT2D eigenvalue weighted by molar-refractivity contribution is 7.90. The summed E-state index contributed by atoms with van der Waals surface area (Å²) in [6.45, 7) is 3.26. The molecule has 124 valence electrons. The van der Waals surface area contributed by atoms with E-state index in [2.05, 4.69) is 4.98 Å². The second kappa shape index (κ2) is 6.14. The van der Waals surface area contributed by atoms with E-state index in [9.17, 15) is 12.8 Å². The van der Waals surface area contributed by atoms with Gasteiger partial charge in [-0.1, -0.05) is 0 Å². The lowest BCUT2D eigenvalue weighted by atomic mass is 10.2. The Morgan fingerprint density at radius 1 is 1.50 bits per heavy atom. The average molecular weight is 347 g/mol. The van der Waals surface area contributed by atoms with Crippen LogP contribution in [-0.4, -0.2) is 60.2 Å². The lowest BCUT2D eigenvalue weighted by Gasteiger charge is -2.27. The molecule has 1 saturated carbocycles. The summed E-state index contributed by atoms with van der Waals surface area (Å²) >= 11 is 1.58. The van der Waals surface area contributed by atoms with E-state index in [1.54, 1.807) is 18.4 Å². The molecule has 1 saturated heterocycles. The number of hydrogen-bond donors (Lipinski definition) is 0. The maximum absolute atomic E-state index is 13.8. The van der Waals surface area contributed by atoms with Crippen molar-refractivity contribution in [2.45, 2.75) is 50.2 Å². The third-order valence-electron chi connectivity index (χ3n) is 4.36. The van der Waals surface area contributed by atoms with Gasteiger partial charge < -0.3 is 0 Å². The number of aryl methyl sites for hydroxylation is 1. The Hall–Kier alpha value is -0.570. The molecule has 1 aromatic heterocycles. The molecule has 2 heterocycles. The van der Waals surface area contributed by atoms with Gasteiger partial charge in [-0.25, -0.2) is 22.1 Å². The summed E-state index contributed by atoms with van der Waals surface area (Å²) in [6, 6.07) is -0.0736. The number of alkyl halides is 1. The van der Waals surface area contributed by atoms with Crippen LogP contribution < -0.4 is 0 Å². The molecule has 0 N–H and O–H groups in total. The average Bonchev–Trinajstić information content (AvgIpc) is 3.15. The number of rotatable bonds is 6. The second-order valence-electron chi connectivity index (χ2n) is 6.30. The minimum atomic E-state index is -3.19. The second-order valence-corrected chi connectivity index (χ2v) is 9.68. The zero-order valence-electron chi connectivity index (χ0n) is 12.9. The van der Waals surface area contributed by atoms with Crippen LogP contribution in [0.4, 0.5) is 4.39 Å². The fourth-order valence-electron chi connectivity index (χ4n) is 3.02. The van der Waals surface area contributed by atoms with E-state index in [4.69, 9.17) is 0 Å². The van der Waals surface area contributed by atoms with Gasteiger partial charge >= 0.3 is 0 Å². The number of likely N-dealkylation sites (tertiary alicyclic amines) is 1. The molecule has 1 aliphatic heterocycles. The van der Waals surface area contributed by atoms with Crippen LogP contribution in [0.1, 0.15) is 30.0 Å². The standard InChI is InChI=1S/C14H22FN3O2S2/c1-10-16-12(9-21-10)7-18-6-11(15)5-13(18)8-17(2)22(19,20)14-3-4-14/h9,11,13-14H,3-8H2,1-2H3/t11-,13-/m0/s1. The van der Waals surface area contributed by atoms with Gasteiger partial charge in [-0.2, -0.15) is 0 Å². The van der Waals surface area contributed by atoms with Crippen molar-refractivity contribution in [3.05, 3.63) is 16.1 Å². The van der Waals surface area contributed by atoms with Gasteiger partial charge in [0.15, 0.2) is 0 Å². The van der Waals surface area contributed by atoms with E-state index in [0.717, 1.165) is 23.5 Å². The third-order valence-corrected chi connectivity index (χ3v) is 7.51. The lowest BCUT2D eigenvalue weighted by molar-refractivity contribution is 0.212. The smallest absolute Gasteiger partial charge is 0.216 e. The highest BCUT2D eigenvalue weighted by Gasteiger charge is 2.41. The van der Waals surface area contributed by atoms with Gasteiger partial charge in [0.25, 0.3) is 0 Å². The molecule has 0 bridgehead atoms. The first kappa shape index (κ1) is 16.3. The minimum absolute atomic E-state index is 0.0736. The maximum Gasteiger partial charge on any atom is 0.216 e. The van der Waals surface area contributed by atoms with Crippen molar-refractivity contribution in [3.63, 3.8) is 0 Å². The summed E-state index contributed by atoms with van der Waals surface area (Å²) in [4.78, 5) is 6.45. The predicted molar refractivity (Wildman–Crippen MR) is 85.1 cm³/mol. The van der Waals surface area contributed by atoms with Crippen molar-refractivity contribution >= 4 is 21.4 Å². The fourth-order valence-corrected chi connectivity index (χ4v) is 5.24. The van der Waals surface area contributed by atoms with Crippen molar-refractivity contribution in [2.24, 2.45) is 0 Å². The van der Waals surface area contributed by atoms with Crippen molar-refractivity contribution < 1.29 is 12.8 Å². The number of nitrogens with zero attached hydrogens (tertiary/aromatic N) is 3. The zero-order chi connectivity index (χ0) is 15.9. The van der Waals surface area contributed by atoms with Crippen molar-refractivity contribution in [3.8, 4) is 0 Å². The largest absolute Gasteiger partial charge is 0.290 e. The minimum Gasteiger partial charge on any atom is -0.290 e. The van der Waals surface area contributed by atoms with E-state index < -0.39 is 16.2 Å². The van der Waals surface area contributed by atoms with E-state index in [1.807, 2.05) is 17.2 Å². The number of hydrogen-bond acceptors (Lipinski definition) is 5. The molecular weight excluding hydrogens is 325 g/mol. The highest BCUT2D eigenvalue weighted by Crippen LogP contribution is 2.31. The van der Waals surface area contributed by atoms with Gasteiger partial charge in [-0.3, -0.25) is 4.90 Å². The topological polar surface area (TPSA) is 53.5 Å². The van der Waals surface area contributed by atoms with E-state index >= 15 is 0 Å². The highest BCUT2D eigenvalue weighted by atomic mass is 32.2. The van der Waals surface area contributed by atoms with Gasteiger partial charge in [-0.15, -0.1) is 11.3 Å². The van der Waals surface area contributed by atoms with Crippen LogP contribution >= 0.6 is 11.3 Å². The molecule has 2 aliphatic rings. The Labute approximate surface area is 135 Å². The molecule has 2 fully saturated rings. The molecule has 1 aromatic rings. The molecule has 0 radical (unpaired) electrons. The molecule has 22 heavy (non-hydrogen) atoms. The van der Waals surface area contributed by atoms with Crippen molar-refractivity contribution in [1.29, 1.82) is 0 Å². The summed E-state index contributed by atoms with van der Waals surface area (Å²) in [7, 11) is -1.58. The Bertz CT molecular complexity index is 630. The van der Waals surface area contributed by atoms with Gasteiger partial charge in [0.1, 0.15) is 6.17 Å². The van der Waals surface area contributed by atoms with Crippen molar-refractivity contribution in [1.82, 2.24) is 14.2 Å². The SMILES string of the molecule is Cc1nc(CN2C[C@@H](F)C[C@H]2CN(C)S(=O)(=O)C2CC2)cs1. The van der Waals surface area contributed by atoms with Crippen LogP contribution in [0.5, 0.6) is 0 Å². The molecule has 0 amide bonds. The fraction of sp³-hybridized carbons (Fsp3) is 0.786. The molecule has 2 atom stereocenters. The van der Waals surface area contributed by atoms with E-state index in [-0.39, 0.29) is 11.3 Å². The Morgan fingerprint density at radius 2 is 2.23 bits per heavy atom. The third kappa shape index (κ3) is 3.50. The van der Waals surface area contributed by atoms with Crippen LogP contribution in [0.2, 0.25) is 0 Å². The maximum atomic E-state index is 13.8. The monoisotopic (exact) mass is 347 g/mol. The number of thiazole rings is 1. The first-order chi connectivity index (χ1) is 10.4. The van der Waals surface area contributed by atoms with E-state index in [0.29, 0.717) is 26.1 Å². The van der Waals surface area contributed by atoms with Gasteiger partial charge in [0.2, 0.25) is 10.0 Å². The summed E-state index contributed by atoms with van der Waals surface area (Å²) in [5.74, 6) is 0. The van der Waals surface area contributed by atoms with Gasteiger partial charge in [-0.05, 0) is 26.2 Å². The molecule has 0 unspecified atom stereocenters. The van der Waals surface area contributed by atoms with Crippen LogP contribution in [0.3, 0.4) is 0 Å². The summed E-state index contributed by atoms with van der Waals surface area (Å²) in [5, 5.41) is 2.77. The van der Waals surface area contributed by atoms with Gasteiger partial charge in [0.05, 0.1) is 16.0 Å². The zero-order valence-corrected chi connectivity index (χ0v) is 14.5. The number of sulfonamides is 1. The molecule has 0 spiro atoms. The molecular formula is C14H22FN3O2S2. The number of halogens is 1. The summed E-state index contributed by atoms with van der Waals surface area (Å²) in [5.41, 5.74) is 0.939. The van der Waals surface area contributed by atoms with Gasteiger partial charge in [0, 0.05) is 38.1 Å². The predicted octanol–water partition coefficient (Wildman–Crippen LogP) is 1.79. The van der Waals surface area contributed by atoms with Crippen LogP contribution in [0.25, 0.3) is 0 Å². The number of likely N-dealkylation sites (N-methyl/N-ethyl adjacent to an activating group) is 1. The molecule has 1 aliphatic carbocycles. The Morgan fingerprint density at radius 3 is 2.82 bits per heavy atom. The Balaban J connectivity index is 1.65. The van der Waals surface area contributed by atoms with Crippen LogP contribution in [0.15, 0.2) is 5.38 Å². The normalized spacial score (nSPS) is 26.9.